The van der Waals surface area contributed by atoms with Crippen LogP contribution in [0.1, 0.15) is 5.56 Å². The quantitative estimate of drug-likeness (QED) is 0.620. The van der Waals surface area contributed by atoms with Gasteiger partial charge in [0, 0.05) is 37.7 Å². The average molecular weight is 206 g/mol. The molecule has 1 aromatic carbocycles. The Kier molecular flexibility index (Phi) is 3.08. The summed E-state index contributed by atoms with van der Waals surface area (Å²) < 4.78 is 0. The number of hydrogen-bond acceptors (Lipinski definition) is 4. The van der Waals surface area contributed by atoms with Crippen molar-refractivity contribution in [3.05, 3.63) is 23.8 Å². The molecule has 0 atom stereocenters. The van der Waals surface area contributed by atoms with Crippen molar-refractivity contribution in [1.29, 1.82) is 0 Å². The van der Waals surface area contributed by atoms with Gasteiger partial charge in [0.05, 0.1) is 0 Å². The van der Waals surface area contributed by atoms with Crippen molar-refractivity contribution in [2.24, 2.45) is 0 Å². The molecule has 0 aromatic heterocycles. The van der Waals surface area contributed by atoms with Gasteiger partial charge in [0.15, 0.2) is 0 Å². The van der Waals surface area contributed by atoms with Gasteiger partial charge < -0.3 is 16.8 Å². The van der Waals surface area contributed by atoms with Crippen molar-refractivity contribution in [3.8, 4) is 0 Å². The van der Waals surface area contributed by atoms with Gasteiger partial charge in [-0.15, -0.1) is 0 Å². The summed E-state index contributed by atoms with van der Waals surface area (Å²) in [6, 6.07) is 5.70. The van der Waals surface area contributed by atoms with Crippen LogP contribution >= 0.6 is 0 Å². The summed E-state index contributed by atoms with van der Waals surface area (Å²) in [5.74, 6) is 0. The molecular formula is C11H18N4. The number of nitrogens with zero attached hydrogens (tertiary/aromatic N) is 1. The number of nitrogens with one attached hydrogen (secondary N) is 1. The summed E-state index contributed by atoms with van der Waals surface area (Å²) in [6.45, 7) is 4.25. The molecule has 1 aliphatic heterocycles. The van der Waals surface area contributed by atoms with E-state index in [0.717, 1.165) is 49.7 Å². The first-order valence-corrected chi connectivity index (χ1v) is 5.32. The van der Waals surface area contributed by atoms with E-state index in [1.165, 1.54) is 0 Å². The smallest absolute Gasteiger partial charge is 0.0481 e. The summed E-state index contributed by atoms with van der Waals surface area (Å²) in [7, 11) is 0. The van der Waals surface area contributed by atoms with Gasteiger partial charge in [0.25, 0.3) is 0 Å². The largest absolute Gasteiger partial charge is 0.399 e. The van der Waals surface area contributed by atoms with Crippen LogP contribution in [0.4, 0.5) is 11.4 Å². The number of nitrogens with two attached hydrogens (primary N) is 2. The van der Waals surface area contributed by atoms with Crippen LogP contribution in [-0.2, 0) is 6.42 Å². The van der Waals surface area contributed by atoms with Crippen LogP contribution in [0, 0.1) is 0 Å². The third-order valence-corrected chi connectivity index (χ3v) is 2.80. The highest BCUT2D eigenvalue weighted by molar-refractivity contribution is 5.55. The van der Waals surface area contributed by atoms with Crippen molar-refractivity contribution in [2.45, 2.75) is 6.42 Å². The van der Waals surface area contributed by atoms with Crippen molar-refractivity contribution >= 4 is 11.4 Å². The molecule has 82 valence electrons. The first-order chi connectivity index (χ1) is 7.25. The Morgan fingerprint density at radius 1 is 1.33 bits per heavy atom. The van der Waals surface area contributed by atoms with Gasteiger partial charge in [0.1, 0.15) is 0 Å². The third kappa shape index (κ3) is 2.61. The first-order valence-electron chi connectivity index (χ1n) is 5.32. The summed E-state index contributed by atoms with van der Waals surface area (Å²) in [5.41, 5.74) is 14.4. The monoisotopic (exact) mass is 206 g/mol. The molecule has 1 aliphatic rings. The fourth-order valence-corrected chi connectivity index (χ4v) is 1.87. The van der Waals surface area contributed by atoms with Gasteiger partial charge in [-0.3, -0.25) is 4.90 Å². The molecular weight excluding hydrogens is 188 g/mol. The van der Waals surface area contributed by atoms with Crippen molar-refractivity contribution in [3.63, 3.8) is 0 Å². The second kappa shape index (κ2) is 4.51. The molecule has 0 aliphatic carbocycles. The van der Waals surface area contributed by atoms with E-state index in [9.17, 15) is 0 Å². The molecule has 0 spiro atoms. The lowest BCUT2D eigenvalue weighted by molar-refractivity contribution is 0.339. The van der Waals surface area contributed by atoms with Crippen LogP contribution in [0.15, 0.2) is 18.2 Å². The minimum atomic E-state index is 0.791. The Bertz CT molecular complexity index is 331. The minimum absolute atomic E-state index is 0.791. The van der Waals surface area contributed by atoms with Gasteiger partial charge in [-0.25, -0.2) is 0 Å². The molecule has 1 fully saturated rings. The molecule has 1 heterocycles. The lowest BCUT2D eigenvalue weighted by Gasteiger charge is -2.14. The molecule has 0 bridgehead atoms. The summed E-state index contributed by atoms with van der Waals surface area (Å²) in [6.07, 6.45) is 0.971. The van der Waals surface area contributed by atoms with Crippen LogP contribution in [0.25, 0.3) is 0 Å². The van der Waals surface area contributed by atoms with Crippen LogP contribution in [-0.4, -0.2) is 31.2 Å². The standard InChI is InChI=1S/C11H18N4/c12-10-1-2-11(13)9(7-10)3-5-15-6-4-14-8-15/h1-2,7,14H,3-6,8,12-13H2. The molecule has 0 saturated carbocycles. The van der Waals surface area contributed by atoms with E-state index in [1.54, 1.807) is 0 Å². The SMILES string of the molecule is Nc1ccc(N)c(CCN2CCNC2)c1. The maximum atomic E-state index is 5.88. The molecule has 1 aromatic rings. The predicted octanol–water partition coefficient (Wildman–Crippen LogP) is 0.256. The number of benzene rings is 1. The summed E-state index contributed by atoms with van der Waals surface area (Å²) in [4.78, 5) is 2.38. The second-order valence-corrected chi connectivity index (χ2v) is 3.98. The molecule has 1 saturated heterocycles. The number of nitrogen functional groups attached to an aromatic ring is 2. The zero-order valence-corrected chi connectivity index (χ0v) is 8.87. The average Bonchev–Trinajstić information content (AvgIpc) is 2.72. The van der Waals surface area contributed by atoms with Crippen molar-refractivity contribution in [2.75, 3.05) is 37.8 Å². The number of anilines is 2. The molecule has 5 N–H and O–H groups in total. The molecule has 15 heavy (non-hydrogen) atoms. The Morgan fingerprint density at radius 3 is 2.93 bits per heavy atom. The van der Waals surface area contributed by atoms with E-state index in [2.05, 4.69) is 10.2 Å². The highest BCUT2D eigenvalue weighted by Gasteiger charge is 2.10. The lowest BCUT2D eigenvalue weighted by Crippen LogP contribution is -2.24. The van der Waals surface area contributed by atoms with Crippen LogP contribution in [0.2, 0.25) is 0 Å². The highest BCUT2D eigenvalue weighted by Crippen LogP contribution is 2.16. The van der Waals surface area contributed by atoms with E-state index in [-0.39, 0.29) is 0 Å². The van der Waals surface area contributed by atoms with Gasteiger partial charge >= 0.3 is 0 Å². The maximum absolute atomic E-state index is 5.88. The van der Waals surface area contributed by atoms with Gasteiger partial charge in [-0.1, -0.05) is 0 Å². The summed E-state index contributed by atoms with van der Waals surface area (Å²) >= 11 is 0. The molecule has 4 heteroatoms. The maximum Gasteiger partial charge on any atom is 0.0481 e. The number of rotatable bonds is 3. The zero-order valence-electron chi connectivity index (χ0n) is 8.87. The van der Waals surface area contributed by atoms with Gasteiger partial charge in [-0.05, 0) is 30.2 Å². The Balaban J connectivity index is 1.94. The normalized spacial score (nSPS) is 17.1. The third-order valence-electron chi connectivity index (χ3n) is 2.80. The van der Waals surface area contributed by atoms with E-state index in [1.807, 2.05) is 18.2 Å². The van der Waals surface area contributed by atoms with Crippen LogP contribution < -0.4 is 16.8 Å². The fourth-order valence-electron chi connectivity index (χ4n) is 1.87. The molecule has 0 unspecified atom stereocenters. The highest BCUT2D eigenvalue weighted by atomic mass is 15.3. The molecule has 0 radical (unpaired) electrons. The fraction of sp³-hybridized carbons (Fsp3) is 0.455. The van der Waals surface area contributed by atoms with Gasteiger partial charge in [-0.2, -0.15) is 0 Å². The Hall–Kier alpha value is -1.26. The van der Waals surface area contributed by atoms with E-state index in [4.69, 9.17) is 11.5 Å². The van der Waals surface area contributed by atoms with Crippen molar-refractivity contribution in [1.82, 2.24) is 10.2 Å². The second-order valence-electron chi connectivity index (χ2n) is 3.98. The predicted molar refractivity (Wildman–Crippen MR) is 63.4 cm³/mol. The van der Waals surface area contributed by atoms with E-state index < -0.39 is 0 Å². The first kappa shape index (κ1) is 10.3. The van der Waals surface area contributed by atoms with Crippen LogP contribution in [0.5, 0.6) is 0 Å². The minimum Gasteiger partial charge on any atom is -0.399 e. The summed E-state index contributed by atoms with van der Waals surface area (Å²) in [5, 5.41) is 3.30. The Morgan fingerprint density at radius 2 is 2.20 bits per heavy atom. The van der Waals surface area contributed by atoms with E-state index in [0.29, 0.717) is 0 Å². The zero-order chi connectivity index (χ0) is 10.7. The van der Waals surface area contributed by atoms with Crippen LogP contribution in [0.3, 0.4) is 0 Å². The van der Waals surface area contributed by atoms with E-state index >= 15 is 0 Å². The van der Waals surface area contributed by atoms with Gasteiger partial charge in [0.2, 0.25) is 0 Å². The molecule has 0 amide bonds. The Labute approximate surface area is 90.2 Å². The molecule has 2 rings (SSSR count). The molecule has 4 nitrogen and oxygen atoms in total. The topological polar surface area (TPSA) is 67.3 Å². The number of hydrogen-bond donors (Lipinski definition) is 3. The van der Waals surface area contributed by atoms with Crippen molar-refractivity contribution < 1.29 is 0 Å². The lowest BCUT2D eigenvalue weighted by atomic mass is 10.1.